The molecule has 0 aromatic heterocycles. The summed E-state index contributed by atoms with van der Waals surface area (Å²) in [6.45, 7) is 14.3. The van der Waals surface area contributed by atoms with Gasteiger partial charge in [0.2, 0.25) is 0 Å². The van der Waals surface area contributed by atoms with Gasteiger partial charge in [-0.1, -0.05) is 66.1 Å². The Balaban J connectivity index is 0. The van der Waals surface area contributed by atoms with Crippen molar-refractivity contribution < 1.29 is 26.2 Å². The van der Waals surface area contributed by atoms with Crippen molar-refractivity contribution in [3.05, 3.63) is 71.3 Å². The van der Waals surface area contributed by atoms with Crippen LogP contribution in [0.1, 0.15) is 48.5 Å². The first-order valence-electron chi connectivity index (χ1n) is 8.55. The van der Waals surface area contributed by atoms with Gasteiger partial charge < -0.3 is 15.6 Å². The standard InChI is InChI=1S/C11H23N3.2C5H5.Zr/c1-8(2)12-10(13-9(3)4)14-11(5,6)7;2*1-2-4-5-3-1;/h8-9H,1-7H3;2*1-5H;/q-2;2*-1;. The first-order chi connectivity index (χ1) is 11.2. The summed E-state index contributed by atoms with van der Waals surface area (Å²) in [6.07, 6.45) is 0. The summed E-state index contributed by atoms with van der Waals surface area (Å²) in [7, 11) is 0. The summed E-state index contributed by atoms with van der Waals surface area (Å²) in [5, 5.41) is 8.86. The molecule has 140 valence electrons. The van der Waals surface area contributed by atoms with Crippen LogP contribution in [0.3, 0.4) is 0 Å². The van der Waals surface area contributed by atoms with E-state index in [9.17, 15) is 0 Å². The number of nitrogens with zero attached hydrogens (tertiary/aromatic N) is 3. The van der Waals surface area contributed by atoms with E-state index in [-0.39, 0.29) is 43.8 Å². The molecule has 0 aliphatic rings. The zero-order valence-electron chi connectivity index (χ0n) is 16.8. The van der Waals surface area contributed by atoms with E-state index in [1.54, 1.807) is 0 Å². The monoisotopic (exact) mass is 417 g/mol. The van der Waals surface area contributed by atoms with E-state index in [1.807, 2.05) is 88.4 Å². The van der Waals surface area contributed by atoms with Crippen LogP contribution in [-0.4, -0.2) is 23.6 Å². The van der Waals surface area contributed by atoms with Crippen LogP contribution in [0.25, 0.3) is 10.6 Å². The fourth-order valence-electron chi connectivity index (χ4n) is 1.49. The predicted octanol–water partition coefficient (Wildman–Crippen LogP) is 6.51. The largest absolute Gasteiger partial charge is 0.550 e. The van der Waals surface area contributed by atoms with Gasteiger partial charge >= 0.3 is 0 Å². The Morgan fingerprint density at radius 2 is 1.24 bits per heavy atom. The molecule has 0 fully saturated rings. The molecule has 3 nitrogen and oxygen atoms in total. The van der Waals surface area contributed by atoms with E-state index in [1.165, 1.54) is 0 Å². The summed E-state index contributed by atoms with van der Waals surface area (Å²) >= 11 is 0. The number of hydrogen-bond donors (Lipinski definition) is 0. The molecule has 0 heterocycles. The molecule has 0 N–H and O–H groups in total. The Hall–Kier alpha value is -1.15. The molecule has 25 heavy (non-hydrogen) atoms. The average Bonchev–Trinajstić information content (AvgIpc) is 3.15. The Morgan fingerprint density at radius 1 is 0.840 bits per heavy atom. The molecule has 0 aliphatic heterocycles. The van der Waals surface area contributed by atoms with Crippen molar-refractivity contribution >= 4 is 5.96 Å². The first kappa shape index (κ1) is 26.1. The molecular weight excluding hydrogens is 385 g/mol. The van der Waals surface area contributed by atoms with Crippen LogP contribution < -0.4 is 0 Å². The molecule has 2 aromatic rings. The van der Waals surface area contributed by atoms with Gasteiger partial charge in [-0.15, -0.1) is 0 Å². The second-order valence-electron chi connectivity index (χ2n) is 6.95. The smallest absolute Gasteiger partial charge is 0 e. The van der Waals surface area contributed by atoms with Gasteiger partial charge in [0.15, 0.2) is 0 Å². The zero-order chi connectivity index (χ0) is 18.4. The van der Waals surface area contributed by atoms with Crippen molar-refractivity contribution in [3.8, 4) is 0 Å². The molecule has 0 amide bonds. The van der Waals surface area contributed by atoms with Crippen molar-refractivity contribution in [3.63, 3.8) is 0 Å². The van der Waals surface area contributed by atoms with Crippen molar-refractivity contribution in [2.24, 2.45) is 4.99 Å². The van der Waals surface area contributed by atoms with Gasteiger partial charge in [-0.25, -0.2) is 24.3 Å². The number of aliphatic imine (C=N–C) groups is 1. The van der Waals surface area contributed by atoms with Crippen molar-refractivity contribution in [2.45, 2.75) is 66.1 Å². The van der Waals surface area contributed by atoms with Crippen LogP contribution in [0, 0.1) is 0 Å². The van der Waals surface area contributed by atoms with Gasteiger partial charge in [0, 0.05) is 26.2 Å². The maximum atomic E-state index is 4.47. The Morgan fingerprint density at radius 3 is 1.44 bits per heavy atom. The molecule has 0 radical (unpaired) electrons. The minimum atomic E-state index is -0.105. The SMILES string of the molecule is CC(C)N=C([N-]C(C)C)[N-]C(C)(C)C.[Zr].c1cc[cH-]c1.c1cc[cH-]c1. The maximum Gasteiger partial charge on any atom is 0 e. The summed E-state index contributed by atoms with van der Waals surface area (Å²) in [4.78, 5) is 4.39. The molecule has 4 heteroatoms. The molecule has 0 bridgehead atoms. The zero-order valence-corrected chi connectivity index (χ0v) is 19.2. The van der Waals surface area contributed by atoms with Crippen LogP contribution in [0.2, 0.25) is 0 Å². The van der Waals surface area contributed by atoms with Crippen LogP contribution in [0.15, 0.2) is 65.7 Å². The van der Waals surface area contributed by atoms with Crippen molar-refractivity contribution in [1.82, 2.24) is 0 Å². The van der Waals surface area contributed by atoms with E-state index < -0.39 is 0 Å². The van der Waals surface area contributed by atoms with Crippen LogP contribution in [0.4, 0.5) is 0 Å². The quantitative estimate of drug-likeness (QED) is 0.303. The first-order valence-corrected chi connectivity index (χ1v) is 8.55. The van der Waals surface area contributed by atoms with E-state index in [2.05, 4.69) is 36.4 Å². The normalized spacial score (nSPS) is 10.8. The van der Waals surface area contributed by atoms with Crippen molar-refractivity contribution in [2.75, 3.05) is 0 Å². The number of hydrogen-bond acceptors (Lipinski definition) is 1. The Bertz CT molecular complexity index is 431. The minimum absolute atomic E-state index is 0. The molecule has 0 aliphatic carbocycles. The minimum Gasteiger partial charge on any atom is -0.550 e. The van der Waals surface area contributed by atoms with E-state index in [0.717, 1.165) is 0 Å². The van der Waals surface area contributed by atoms with Crippen LogP contribution in [-0.2, 0) is 26.2 Å². The Kier molecular flexibility index (Phi) is 15.8. The molecule has 0 saturated heterocycles. The van der Waals surface area contributed by atoms with E-state index in [0.29, 0.717) is 5.96 Å². The molecule has 0 atom stereocenters. The molecular formula is C21H33N3Zr-4. The second kappa shape index (κ2) is 15.1. The average molecular weight is 419 g/mol. The topological polar surface area (TPSA) is 40.6 Å². The van der Waals surface area contributed by atoms with Gasteiger partial charge in [0.05, 0.1) is 0 Å². The fourth-order valence-corrected chi connectivity index (χ4v) is 1.49. The number of rotatable bonds is 2. The Labute approximate surface area is 174 Å². The van der Waals surface area contributed by atoms with Gasteiger partial charge in [0.25, 0.3) is 0 Å². The molecule has 0 saturated carbocycles. The third kappa shape index (κ3) is 20.8. The maximum absolute atomic E-state index is 4.47. The van der Waals surface area contributed by atoms with Gasteiger partial charge in [-0.05, 0) is 0 Å². The fraction of sp³-hybridized carbons (Fsp3) is 0.476. The molecule has 2 aromatic carbocycles. The predicted molar refractivity (Wildman–Crippen MR) is 108 cm³/mol. The summed E-state index contributed by atoms with van der Waals surface area (Å²) in [5.74, 6) is 0.641. The summed E-state index contributed by atoms with van der Waals surface area (Å²) in [6, 6.07) is 20.5. The number of guanidine groups is 1. The van der Waals surface area contributed by atoms with Crippen LogP contribution in [0.5, 0.6) is 0 Å². The van der Waals surface area contributed by atoms with Gasteiger partial charge in [-0.3, -0.25) is 0 Å². The summed E-state index contributed by atoms with van der Waals surface area (Å²) in [5.41, 5.74) is -0.105. The van der Waals surface area contributed by atoms with E-state index >= 15 is 0 Å². The second-order valence-corrected chi connectivity index (χ2v) is 6.95. The third-order valence-electron chi connectivity index (χ3n) is 2.29. The van der Waals surface area contributed by atoms with E-state index in [4.69, 9.17) is 0 Å². The van der Waals surface area contributed by atoms with Gasteiger partial charge in [-0.2, -0.15) is 42.4 Å². The molecule has 2 rings (SSSR count). The molecule has 0 unspecified atom stereocenters. The van der Waals surface area contributed by atoms with Crippen LogP contribution >= 0.6 is 0 Å². The molecule has 0 spiro atoms. The van der Waals surface area contributed by atoms with Crippen molar-refractivity contribution in [1.29, 1.82) is 0 Å². The summed E-state index contributed by atoms with van der Waals surface area (Å²) < 4.78 is 0. The van der Waals surface area contributed by atoms with Gasteiger partial charge in [0.1, 0.15) is 0 Å². The third-order valence-corrected chi connectivity index (χ3v) is 2.29.